The van der Waals surface area contributed by atoms with Crippen LogP contribution in [0.5, 0.6) is 0 Å². The lowest BCUT2D eigenvalue weighted by Gasteiger charge is -2.13. The normalized spacial score (nSPS) is 13.7. The van der Waals surface area contributed by atoms with E-state index in [-0.39, 0.29) is 12.0 Å². The van der Waals surface area contributed by atoms with E-state index in [1.54, 1.807) is 35.4 Å². The molecule has 2 aromatic rings. The Bertz CT molecular complexity index is 701. The van der Waals surface area contributed by atoms with Gasteiger partial charge in [0.15, 0.2) is 0 Å². The highest BCUT2D eigenvalue weighted by Gasteiger charge is 2.23. The first kappa shape index (κ1) is 16.0. The number of amides is 2. The number of cyclic esters (lactones) is 1. The lowest BCUT2D eigenvalue weighted by atomic mass is 10.1. The van der Waals surface area contributed by atoms with Gasteiger partial charge in [-0.2, -0.15) is 0 Å². The fourth-order valence-electron chi connectivity index (χ4n) is 2.58. The minimum absolute atomic E-state index is 0.0211. The Balaban J connectivity index is 1.47. The third-order valence-electron chi connectivity index (χ3n) is 3.82. The van der Waals surface area contributed by atoms with Gasteiger partial charge in [0.1, 0.15) is 6.61 Å². The average Bonchev–Trinajstić information content (AvgIpc) is 3.03. The summed E-state index contributed by atoms with van der Waals surface area (Å²) in [5, 5.41) is 2.87. The van der Waals surface area contributed by atoms with Gasteiger partial charge in [0.25, 0.3) is 0 Å². The fraction of sp³-hybridized carbons (Fsp3) is 0.278. The Morgan fingerprint density at radius 1 is 1.25 bits per heavy atom. The van der Waals surface area contributed by atoms with Crippen LogP contribution in [0.15, 0.2) is 48.8 Å². The maximum Gasteiger partial charge on any atom is 0.414 e. The quantitative estimate of drug-likeness (QED) is 0.886. The molecule has 24 heavy (non-hydrogen) atoms. The maximum atomic E-state index is 12.0. The molecule has 0 radical (unpaired) electrons. The summed E-state index contributed by atoms with van der Waals surface area (Å²) in [4.78, 5) is 29.1. The van der Waals surface area contributed by atoms with E-state index in [9.17, 15) is 9.59 Å². The summed E-state index contributed by atoms with van der Waals surface area (Å²) in [6.07, 6.45) is 5.28. The van der Waals surface area contributed by atoms with Crippen molar-refractivity contribution in [1.29, 1.82) is 0 Å². The number of nitrogens with zero attached hydrogens (tertiary/aromatic N) is 2. The number of rotatable bonds is 6. The van der Waals surface area contributed by atoms with Crippen molar-refractivity contribution in [2.45, 2.75) is 19.3 Å². The molecule has 0 bridgehead atoms. The number of ether oxygens (including phenoxy) is 1. The van der Waals surface area contributed by atoms with E-state index >= 15 is 0 Å². The van der Waals surface area contributed by atoms with Crippen LogP contribution in [0.1, 0.15) is 18.4 Å². The second kappa shape index (κ2) is 7.59. The van der Waals surface area contributed by atoms with Gasteiger partial charge in [-0.05, 0) is 48.7 Å². The Hall–Kier alpha value is -2.89. The second-order valence-electron chi connectivity index (χ2n) is 5.58. The summed E-state index contributed by atoms with van der Waals surface area (Å²) < 4.78 is 4.91. The van der Waals surface area contributed by atoms with Gasteiger partial charge in [-0.25, -0.2) is 4.79 Å². The topological polar surface area (TPSA) is 71.5 Å². The third-order valence-corrected chi connectivity index (χ3v) is 3.82. The van der Waals surface area contributed by atoms with Crippen LogP contribution >= 0.6 is 0 Å². The van der Waals surface area contributed by atoms with Crippen LogP contribution in [0, 0.1) is 0 Å². The fourth-order valence-corrected chi connectivity index (χ4v) is 2.58. The molecule has 0 aliphatic carbocycles. The molecule has 1 aliphatic heterocycles. The van der Waals surface area contributed by atoms with E-state index in [2.05, 4.69) is 10.3 Å². The molecule has 1 saturated heterocycles. The number of anilines is 2. The molecule has 1 aromatic heterocycles. The number of pyridine rings is 1. The molecule has 0 spiro atoms. The zero-order valence-corrected chi connectivity index (χ0v) is 13.3. The minimum atomic E-state index is -0.331. The number of aryl methyl sites for hydroxylation is 1. The molecular weight excluding hydrogens is 306 g/mol. The van der Waals surface area contributed by atoms with Crippen molar-refractivity contribution in [2.24, 2.45) is 0 Å². The summed E-state index contributed by atoms with van der Waals surface area (Å²) in [5.74, 6) is -0.0211. The van der Waals surface area contributed by atoms with E-state index in [4.69, 9.17) is 4.74 Å². The molecule has 124 valence electrons. The highest BCUT2D eigenvalue weighted by Crippen LogP contribution is 2.21. The van der Waals surface area contributed by atoms with Crippen molar-refractivity contribution in [3.05, 3.63) is 54.4 Å². The molecule has 0 saturated carbocycles. The number of hydrogen-bond acceptors (Lipinski definition) is 4. The first-order valence-electron chi connectivity index (χ1n) is 7.95. The van der Waals surface area contributed by atoms with Gasteiger partial charge in [-0.1, -0.05) is 6.07 Å². The van der Waals surface area contributed by atoms with Gasteiger partial charge in [-0.3, -0.25) is 14.7 Å². The van der Waals surface area contributed by atoms with Gasteiger partial charge in [0.05, 0.1) is 6.54 Å². The third kappa shape index (κ3) is 4.10. The first-order chi connectivity index (χ1) is 11.7. The van der Waals surface area contributed by atoms with Crippen molar-refractivity contribution in [1.82, 2.24) is 4.98 Å². The highest BCUT2D eigenvalue weighted by molar-refractivity contribution is 5.92. The van der Waals surface area contributed by atoms with Crippen molar-refractivity contribution < 1.29 is 14.3 Å². The molecule has 3 rings (SSSR count). The van der Waals surface area contributed by atoms with E-state index in [1.165, 1.54) is 0 Å². The molecule has 6 heteroatoms. The zero-order chi connectivity index (χ0) is 16.8. The van der Waals surface area contributed by atoms with Crippen LogP contribution in [0.4, 0.5) is 16.2 Å². The zero-order valence-electron chi connectivity index (χ0n) is 13.3. The monoisotopic (exact) mass is 325 g/mol. The molecule has 0 atom stereocenters. The second-order valence-corrected chi connectivity index (χ2v) is 5.58. The molecule has 6 nitrogen and oxygen atoms in total. The van der Waals surface area contributed by atoms with Crippen molar-refractivity contribution >= 4 is 23.4 Å². The van der Waals surface area contributed by atoms with Crippen LogP contribution in [0.2, 0.25) is 0 Å². The molecule has 1 N–H and O–H groups in total. The number of nitrogens with one attached hydrogen (secondary N) is 1. The summed E-state index contributed by atoms with van der Waals surface area (Å²) in [5.41, 5.74) is 2.62. The van der Waals surface area contributed by atoms with Crippen molar-refractivity contribution in [3.63, 3.8) is 0 Å². The largest absolute Gasteiger partial charge is 0.447 e. The van der Waals surface area contributed by atoms with Gasteiger partial charge < -0.3 is 10.1 Å². The predicted molar refractivity (Wildman–Crippen MR) is 90.9 cm³/mol. The molecular formula is C18H19N3O3. The number of carbonyl (C=O) groups excluding carboxylic acids is 2. The van der Waals surface area contributed by atoms with Crippen LogP contribution < -0.4 is 10.2 Å². The number of carbonyl (C=O) groups is 2. The van der Waals surface area contributed by atoms with Crippen molar-refractivity contribution in [3.8, 4) is 0 Å². The molecule has 2 amide bonds. The predicted octanol–water partition coefficient (Wildman–Crippen LogP) is 3.00. The van der Waals surface area contributed by atoms with Crippen LogP contribution in [0.25, 0.3) is 0 Å². The van der Waals surface area contributed by atoms with Crippen molar-refractivity contribution in [2.75, 3.05) is 23.4 Å². The van der Waals surface area contributed by atoms with Gasteiger partial charge in [0, 0.05) is 30.2 Å². The number of benzene rings is 1. The number of hydrogen-bond donors (Lipinski definition) is 1. The summed E-state index contributed by atoms with van der Waals surface area (Å²) >= 11 is 0. The summed E-state index contributed by atoms with van der Waals surface area (Å²) in [7, 11) is 0. The van der Waals surface area contributed by atoms with E-state index in [0.717, 1.165) is 29.8 Å². The standard InChI is InChI=1S/C18H19N3O3/c22-17(5-1-3-14-4-2-10-19-13-14)20-15-6-8-16(9-7-15)21-11-12-24-18(21)23/h2,4,6-10,13H,1,3,5,11-12H2,(H,20,22). The molecule has 1 fully saturated rings. The molecule has 1 aliphatic rings. The van der Waals surface area contributed by atoms with Crippen LogP contribution in [-0.4, -0.2) is 30.1 Å². The first-order valence-corrected chi connectivity index (χ1v) is 7.95. The van der Waals surface area contributed by atoms with Crippen LogP contribution in [0.3, 0.4) is 0 Å². The van der Waals surface area contributed by atoms with Gasteiger partial charge >= 0.3 is 6.09 Å². The average molecular weight is 325 g/mol. The highest BCUT2D eigenvalue weighted by atomic mass is 16.6. The van der Waals surface area contributed by atoms with Gasteiger partial charge in [-0.15, -0.1) is 0 Å². The van der Waals surface area contributed by atoms with E-state index in [0.29, 0.717) is 19.6 Å². The maximum absolute atomic E-state index is 12.0. The Kier molecular flexibility index (Phi) is 5.05. The lowest BCUT2D eigenvalue weighted by Crippen LogP contribution is -2.23. The summed E-state index contributed by atoms with van der Waals surface area (Å²) in [6, 6.07) is 11.1. The summed E-state index contributed by atoms with van der Waals surface area (Å²) in [6.45, 7) is 0.965. The SMILES string of the molecule is O=C(CCCc1cccnc1)Nc1ccc(N2CCOC2=O)cc1. The smallest absolute Gasteiger partial charge is 0.414 e. The molecule has 2 heterocycles. The van der Waals surface area contributed by atoms with E-state index in [1.807, 2.05) is 18.3 Å². The van der Waals surface area contributed by atoms with Crippen LogP contribution in [-0.2, 0) is 16.0 Å². The Morgan fingerprint density at radius 3 is 2.75 bits per heavy atom. The van der Waals surface area contributed by atoms with Gasteiger partial charge in [0.2, 0.25) is 5.91 Å². The Labute approximate surface area is 140 Å². The molecule has 0 unspecified atom stereocenters. The number of aromatic nitrogens is 1. The minimum Gasteiger partial charge on any atom is -0.447 e. The lowest BCUT2D eigenvalue weighted by molar-refractivity contribution is -0.116. The molecule has 1 aromatic carbocycles. The van der Waals surface area contributed by atoms with E-state index < -0.39 is 0 Å². The Morgan fingerprint density at radius 2 is 2.08 bits per heavy atom.